The van der Waals surface area contributed by atoms with Crippen LogP contribution < -0.4 is 11.1 Å². The van der Waals surface area contributed by atoms with Crippen LogP contribution in [0.15, 0.2) is 11.8 Å². The van der Waals surface area contributed by atoms with Crippen LogP contribution in [0.1, 0.15) is 52.4 Å². The molecule has 0 unspecified atom stereocenters. The first kappa shape index (κ1) is 13.9. The second-order valence-electron chi connectivity index (χ2n) is 8.23. The molecule has 3 nitrogen and oxygen atoms in total. The third-order valence-corrected chi connectivity index (χ3v) is 5.55. The molecule has 0 amide bonds. The van der Waals surface area contributed by atoms with E-state index < -0.39 is 0 Å². The Balaban J connectivity index is 1.81. The largest absolute Gasteiger partial charge is 0.385 e. The number of rotatable bonds is 4. The van der Waals surface area contributed by atoms with E-state index in [0.717, 1.165) is 24.3 Å². The number of allylic oxidation sites excluding steroid dienone is 2. The van der Waals surface area contributed by atoms with Crippen molar-refractivity contribution < 1.29 is 0 Å². The molecule has 0 radical (unpaired) electrons. The highest BCUT2D eigenvalue weighted by molar-refractivity contribution is 5.24. The van der Waals surface area contributed by atoms with Gasteiger partial charge in [-0.15, -0.1) is 0 Å². The maximum absolute atomic E-state index is 9.17. The minimum atomic E-state index is -0.239. The lowest BCUT2D eigenvalue weighted by Crippen LogP contribution is -2.51. The highest BCUT2D eigenvalue weighted by Gasteiger charge is 2.52. The molecule has 4 aliphatic carbocycles. The predicted molar refractivity (Wildman–Crippen MR) is 80.6 cm³/mol. The highest BCUT2D eigenvalue weighted by atomic mass is 15.0. The van der Waals surface area contributed by atoms with Crippen LogP contribution in [0.25, 0.3) is 0 Å². The maximum Gasteiger partial charge on any atom is 0.0930 e. The van der Waals surface area contributed by atoms with Crippen molar-refractivity contribution in [2.45, 2.75) is 57.9 Å². The molecule has 0 aromatic heterocycles. The number of nitrogens with zero attached hydrogens (tertiary/aromatic N) is 1. The van der Waals surface area contributed by atoms with Gasteiger partial charge in [-0.3, -0.25) is 0 Å². The average Bonchev–Trinajstić information content (AvgIpc) is 2.31. The van der Waals surface area contributed by atoms with E-state index in [9.17, 15) is 5.26 Å². The smallest absolute Gasteiger partial charge is 0.0930 e. The first-order valence-corrected chi connectivity index (χ1v) is 8.03. The van der Waals surface area contributed by atoms with Crippen molar-refractivity contribution in [2.24, 2.45) is 28.9 Å². The number of hydrogen-bond acceptors (Lipinski definition) is 3. The third-order valence-electron chi connectivity index (χ3n) is 5.55. The van der Waals surface area contributed by atoms with E-state index in [2.05, 4.69) is 11.4 Å². The van der Waals surface area contributed by atoms with Crippen LogP contribution in [0, 0.1) is 34.5 Å². The van der Waals surface area contributed by atoms with Crippen LogP contribution in [-0.4, -0.2) is 12.1 Å². The number of nitrogens with two attached hydrogens (primary N) is 1. The van der Waals surface area contributed by atoms with Crippen molar-refractivity contribution in [1.82, 2.24) is 5.32 Å². The molecule has 4 rings (SSSR count). The molecule has 0 heterocycles. The fourth-order valence-corrected chi connectivity index (χ4v) is 5.22. The van der Waals surface area contributed by atoms with Crippen LogP contribution in [0.3, 0.4) is 0 Å². The molecule has 4 aliphatic rings. The first-order valence-electron chi connectivity index (χ1n) is 8.03. The topological polar surface area (TPSA) is 61.8 Å². The van der Waals surface area contributed by atoms with Crippen LogP contribution >= 0.6 is 0 Å². The summed E-state index contributed by atoms with van der Waals surface area (Å²) in [4.78, 5) is 0. The summed E-state index contributed by atoms with van der Waals surface area (Å²) in [5.41, 5.74) is 7.30. The fraction of sp³-hybridized carbons (Fsp3) is 0.824. The van der Waals surface area contributed by atoms with E-state index in [1.54, 1.807) is 6.08 Å². The van der Waals surface area contributed by atoms with Crippen molar-refractivity contribution in [3.63, 3.8) is 0 Å². The van der Waals surface area contributed by atoms with Gasteiger partial charge in [-0.1, -0.05) is 0 Å². The molecule has 4 saturated carbocycles. The minimum absolute atomic E-state index is 0.239. The summed E-state index contributed by atoms with van der Waals surface area (Å²) in [6, 6.07) is 2.26. The summed E-state index contributed by atoms with van der Waals surface area (Å²) in [5, 5.41) is 12.7. The predicted octanol–water partition coefficient (Wildman–Crippen LogP) is 2.94. The zero-order chi connectivity index (χ0) is 14.4. The SMILES string of the molecule is CC(C)(N)CN/C(=C/C#N)C12CC3CC(CC(C3)C1)C2. The van der Waals surface area contributed by atoms with Crippen molar-refractivity contribution in [2.75, 3.05) is 6.54 Å². The molecule has 0 atom stereocenters. The Bertz CT molecular complexity index is 415. The zero-order valence-electron chi connectivity index (χ0n) is 12.8. The van der Waals surface area contributed by atoms with Gasteiger partial charge < -0.3 is 11.1 Å². The van der Waals surface area contributed by atoms with Gasteiger partial charge in [-0.05, 0) is 70.1 Å². The molecular weight excluding hydrogens is 246 g/mol. The Morgan fingerprint density at radius 3 is 2.15 bits per heavy atom. The summed E-state index contributed by atoms with van der Waals surface area (Å²) in [5.74, 6) is 2.70. The monoisotopic (exact) mass is 273 g/mol. The molecular formula is C17H27N3. The Morgan fingerprint density at radius 1 is 1.25 bits per heavy atom. The Kier molecular flexibility index (Phi) is 3.33. The quantitative estimate of drug-likeness (QED) is 0.774. The Morgan fingerprint density at radius 2 is 1.75 bits per heavy atom. The van der Waals surface area contributed by atoms with E-state index in [0.29, 0.717) is 0 Å². The molecule has 4 bridgehead atoms. The van der Waals surface area contributed by atoms with Gasteiger partial charge in [-0.2, -0.15) is 5.26 Å². The van der Waals surface area contributed by atoms with Crippen molar-refractivity contribution in [3.05, 3.63) is 11.8 Å². The van der Waals surface area contributed by atoms with Gasteiger partial charge in [0.05, 0.1) is 6.07 Å². The molecule has 4 fully saturated rings. The number of hydrogen-bond donors (Lipinski definition) is 2. The lowest BCUT2D eigenvalue weighted by atomic mass is 9.48. The molecule has 0 saturated heterocycles. The molecule has 0 spiro atoms. The van der Waals surface area contributed by atoms with E-state index in [4.69, 9.17) is 5.73 Å². The standard InChI is InChI=1S/C17H27N3/c1-16(2,19)11-20-15(3-4-18)17-8-12-5-13(9-17)7-14(6-12)10-17/h3,12-14,20H,5-11,19H2,1-2H3/b15-3+. The number of nitrogens with one attached hydrogen (secondary N) is 1. The summed E-state index contributed by atoms with van der Waals surface area (Å²) < 4.78 is 0. The fourth-order valence-electron chi connectivity index (χ4n) is 5.22. The third kappa shape index (κ3) is 2.59. The van der Waals surface area contributed by atoms with Gasteiger partial charge in [0.1, 0.15) is 0 Å². The molecule has 0 aromatic rings. The summed E-state index contributed by atoms with van der Waals surface area (Å²) in [6.45, 7) is 4.80. The van der Waals surface area contributed by atoms with Gasteiger partial charge in [-0.25, -0.2) is 0 Å². The second-order valence-corrected chi connectivity index (χ2v) is 8.23. The normalized spacial score (nSPS) is 39.7. The second kappa shape index (κ2) is 4.77. The average molecular weight is 273 g/mol. The Labute approximate surface area is 122 Å². The van der Waals surface area contributed by atoms with Crippen LogP contribution in [0.2, 0.25) is 0 Å². The maximum atomic E-state index is 9.17. The molecule has 0 aliphatic heterocycles. The van der Waals surface area contributed by atoms with E-state index in [1.807, 2.05) is 13.8 Å². The van der Waals surface area contributed by atoms with Gasteiger partial charge in [0.25, 0.3) is 0 Å². The lowest BCUT2D eigenvalue weighted by Gasteiger charge is -2.57. The van der Waals surface area contributed by atoms with Crippen LogP contribution in [-0.2, 0) is 0 Å². The van der Waals surface area contributed by atoms with E-state index in [1.165, 1.54) is 44.2 Å². The molecule has 0 aromatic carbocycles. The van der Waals surface area contributed by atoms with Crippen LogP contribution in [0.4, 0.5) is 0 Å². The first-order chi connectivity index (χ1) is 9.40. The molecule has 110 valence electrons. The van der Waals surface area contributed by atoms with Crippen molar-refractivity contribution >= 4 is 0 Å². The summed E-state index contributed by atoms with van der Waals surface area (Å²) in [6.07, 6.45) is 9.91. The molecule has 20 heavy (non-hydrogen) atoms. The van der Waals surface area contributed by atoms with Gasteiger partial charge in [0.15, 0.2) is 0 Å². The minimum Gasteiger partial charge on any atom is -0.385 e. The van der Waals surface area contributed by atoms with Gasteiger partial charge in [0.2, 0.25) is 0 Å². The van der Waals surface area contributed by atoms with Crippen molar-refractivity contribution in [1.29, 1.82) is 5.26 Å². The number of nitriles is 1. The molecule has 3 N–H and O–H groups in total. The van der Waals surface area contributed by atoms with Gasteiger partial charge in [0, 0.05) is 29.3 Å². The summed E-state index contributed by atoms with van der Waals surface area (Å²) >= 11 is 0. The van der Waals surface area contributed by atoms with E-state index in [-0.39, 0.29) is 11.0 Å². The summed E-state index contributed by atoms with van der Waals surface area (Å²) in [7, 11) is 0. The van der Waals surface area contributed by atoms with Crippen LogP contribution in [0.5, 0.6) is 0 Å². The lowest BCUT2D eigenvalue weighted by molar-refractivity contribution is -0.0340. The zero-order valence-corrected chi connectivity index (χ0v) is 12.8. The highest BCUT2D eigenvalue weighted by Crippen LogP contribution is 2.62. The molecule has 3 heteroatoms. The Hall–Kier alpha value is -1.01. The van der Waals surface area contributed by atoms with E-state index >= 15 is 0 Å². The van der Waals surface area contributed by atoms with Gasteiger partial charge >= 0.3 is 0 Å². The van der Waals surface area contributed by atoms with Crippen molar-refractivity contribution in [3.8, 4) is 6.07 Å².